The Morgan fingerprint density at radius 2 is 1.81 bits per heavy atom. The molecule has 1 saturated heterocycles. The van der Waals surface area contributed by atoms with Gasteiger partial charge in [0.1, 0.15) is 11.6 Å². The molecule has 140 valence electrons. The van der Waals surface area contributed by atoms with Crippen LogP contribution in [-0.2, 0) is 27.4 Å². The number of hydrogen-bond donors (Lipinski definition) is 0. The van der Waals surface area contributed by atoms with Crippen molar-refractivity contribution in [2.24, 2.45) is 7.05 Å². The lowest BCUT2D eigenvalue weighted by molar-refractivity contribution is -0.129. The maximum atomic E-state index is 12.5. The number of benzene rings is 1. The van der Waals surface area contributed by atoms with E-state index in [1.807, 2.05) is 4.90 Å². The molecule has 2 heterocycles. The lowest BCUT2D eigenvalue weighted by atomic mass is 10.1. The zero-order chi connectivity index (χ0) is 18.6. The molecule has 7 nitrogen and oxygen atoms in total. The van der Waals surface area contributed by atoms with Gasteiger partial charge in [-0.25, -0.2) is 8.42 Å². The van der Waals surface area contributed by atoms with Gasteiger partial charge < -0.3 is 9.47 Å². The topological polar surface area (TPSA) is 85.2 Å². The molecule has 1 fully saturated rings. The second-order valence-corrected chi connectivity index (χ2v) is 9.19. The summed E-state index contributed by atoms with van der Waals surface area (Å²) in [6.07, 6.45) is 3.29. The highest BCUT2D eigenvalue weighted by Crippen LogP contribution is 2.20. The first kappa shape index (κ1) is 18.9. The van der Waals surface area contributed by atoms with Gasteiger partial charge >= 0.3 is 0 Å². The third-order valence-corrected chi connectivity index (χ3v) is 7.01. The van der Waals surface area contributed by atoms with Crippen LogP contribution in [-0.4, -0.2) is 52.8 Å². The van der Waals surface area contributed by atoms with Crippen LogP contribution in [0.25, 0.3) is 0 Å². The van der Waals surface area contributed by atoms with Crippen LogP contribution in [0.2, 0.25) is 0 Å². The van der Waals surface area contributed by atoms with Crippen molar-refractivity contribution >= 4 is 27.5 Å². The maximum absolute atomic E-state index is 12.5. The zero-order valence-electron chi connectivity index (χ0n) is 14.7. The number of likely N-dealkylation sites (tertiary alicyclic amines) is 1. The molecule has 3 rings (SSSR count). The van der Waals surface area contributed by atoms with Gasteiger partial charge in [0, 0.05) is 20.1 Å². The largest absolute Gasteiger partial charge is 0.342 e. The molecule has 0 aliphatic carbocycles. The molecule has 2 aromatic rings. The van der Waals surface area contributed by atoms with Crippen molar-refractivity contribution < 1.29 is 13.2 Å². The van der Waals surface area contributed by atoms with E-state index >= 15 is 0 Å². The highest BCUT2D eigenvalue weighted by Gasteiger charge is 2.21. The van der Waals surface area contributed by atoms with Gasteiger partial charge in [-0.05, 0) is 31.4 Å². The summed E-state index contributed by atoms with van der Waals surface area (Å²) < 4.78 is 26.6. The molecule has 0 spiro atoms. The number of piperidine rings is 1. The SMILES string of the molecule is Cn1c(CS(=O)(=O)c2ccccc2)nnc1SCC(=O)N1CCCCC1. The second-order valence-electron chi connectivity index (χ2n) is 6.26. The average molecular weight is 395 g/mol. The minimum absolute atomic E-state index is 0.0937. The number of carbonyl (C=O) groups excluding carboxylic acids is 1. The molecule has 0 unspecified atom stereocenters. The number of amides is 1. The third kappa shape index (κ3) is 4.45. The Labute approximate surface area is 157 Å². The number of aromatic nitrogens is 3. The molecule has 1 aliphatic heterocycles. The van der Waals surface area contributed by atoms with Gasteiger partial charge in [-0.2, -0.15) is 0 Å². The van der Waals surface area contributed by atoms with Crippen molar-refractivity contribution in [2.45, 2.75) is 35.1 Å². The fourth-order valence-electron chi connectivity index (χ4n) is 2.84. The minimum Gasteiger partial charge on any atom is -0.342 e. The Kier molecular flexibility index (Phi) is 5.98. The number of hydrogen-bond acceptors (Lipinski definition) is 6. The Bertz CT molecular complexity index is 859. The Hall–Kier alpha value is -1.87. The predicted molar refractivity (Wildman–Crippen MR) is 99.5 cm³/mol. The normalized spacial score (nSPS) is 15.2. The molecule has 1 aromatic carbocycles. The second kappa shape index (κ2) is 8.22. The van der Waals surface area contributed by atoms with E-state index in [-0.39, 0.29) is 22.3 Å². The molecule has 0 atom stereocenters. The standard InChI is InChI=1S/C17H22N4O3S2/c1-20-15(13-26(23,24)14-8-4-2-5-9-14)18-19-17(20)25-12-16(22)21-10-6-3-7-11-21/h2,4-5,8-9H,3,6-7,10-13H2,1H3. The van der Waals surface area contributed by atoms with Crippen LogP contribution in [0.3, 0.4) is 0 Å². The predicted octanol–water partition coefficient (Wildman–Crippen LogP) is 1.89. The lowest BCUT2D eigenvalue weighted by Crippen LogP contribution is -2.36. The van der Waals surface area contributed by atoms with Crippen LogP contribution >= 0.6 is 11.8 Å². The Morgan fingerprint density at radius 3 is 2.50 bits per heavy atom. The van der Waals surface area contributed by atoms with Crippen LogP contribution in [0.15, 0.2) is 40.4 Å². The van der Waals surface area contributed by atoms with Crippen LogP contribution in [0.5, 0.6) is 0 Å². The fraction of sp³-hybridized carbons (Fsp3) is 0.471. The first-order valence-electron chi connectivity index (χ1n) is 8.54. The van der Waals surface area contributed by atoms with E-state index in [4.69, 9.17) is 0 Å². The number of sulfone groups is 1. The monoisotopic (exact) mass is 394 g/mol. The Morgan fingerprint density at radius 1 is 1.12 bits per heavy atom. The summed E-state index contributed by atoms with van der Waals surface area (Å²) in [7, 11) is -1.75. The number of thioether (sulfide) groups is 1. The van der Waals surface area contributed by atoms with E-state index < -0.39 is 9.84 Å². The molecule has 26 heavy (non-hydrogen) atoms. The molecule has 0 saturated carbocycles. The smallest absolute Gasteiger partial charge is 0.233 e. The van der Waals surface area contributed by atoms with Crippen molar-refractivity contribution in [3.8, 4) is 0 Å². The lowest BCUT2D eigenvalue weighted by Gasteiger charge is -2.26. The van der Waals surface area contributed by atoms with E-state index in [9.17, 15) is 13.2 Å². The summed E-state index contributed by atoms with van der Waals surface area (Å²) in [6.45, 7) is 1.64. The molecule has 0 bridgehead atoms. The van der Waals surface area contributed by atoms with E-state index in [0.717, 1.165) is 25.9 Å². The van der Waals surface area contributed by atoms with Gasteiger partial charge in [-0.3, -0.25) is 4.79 Å². The number of nitrogens with zero attached hydrogens (tertiary/aromatic N) is 4. The zero-order valence-corrected chi connectivity index (χ0v) is 16.3. The third-order valence-electron chi connectivity index (χ3n) is 4.38. The number of carbonyl (C=O) groups is 1. The van der Waals surface area contributed by atoms with Crippen LogP contribution in [0.1, 0.15) is 25.1 Å². The fourth-order valence-corrected chi connectivity index (χ4v) is 5.00. The summed E-state index contributed by atoms with van der Waals surface area (Å²) in [5.74, 6) is 0.524. The summed E-state index contributed by atoms with van der Waals surface area (Å²) in [5, 5.41) is 8.61. The molecule has 1 aromatic heterocycles. The van der Waals surface area contributed by atoms with Gasteiger partial charge in [0.05, 0.1) is 10.6 Å². The quantitative estimate of drug-likeness (QED) is 0.696. The highest BCUT2D eigenvalue weighted by atomic mass is 32.2. The maximum Gasteiger partial charge on any atom is 0.233 e. The van der Waals surface area contributed by atoms with Gasteiger partial charge in [0.25, 0.3) is 0 Å². The summed E-state index contributed by atoms with van der Waals surface area (Å²) in [6, 6.07) is 8.29. The minimum atomic E-state index is -3.48. The van der Waals surface area contributed by atoms with E-state index in [0.29, 0.717) is 11.0 Å². The molecular formula is C17H22N4O3S2. The van der Waals surface area contributed by atoms with Crippen molar-refractivity contribution in [3.63, 3.8) is 0 Å². The van der Waals surface area contributed by atoms with Crippen molar-refractivity contribution in [3.05, 3.63) is 36.2 Å². The van der Waals surface area contributed by atoms with Crippen molar-refractivity contribution in [1.82, 2.24) is 19.7 Å². The van der Waals surface area contributed by atoms with E-state index in [1.165, 1.54) is 18.2 Å². The molecule has 9 heteroatoms. The average Bonchev–Trinajstić information content (AvgIpc) is 3.00. The molecule has 1 amide bonds. The van der Waals surface area contributed by atoms with Crippen molar-refractivity contribution in [2.75, 3.05) is 18.8 Å². The first-order chi connectivity index (χ1) is 12.5. The molecule has 0 N–H and O–H groups in total. The summed E-state index contributed by atoms with van der Waals surface area (Å²) in [4.78, 5) is 14.4. The molecule has 1 aliphatic rings. The van der Waals surface area contributed by atoms with Gasteiger partial charge in [0.2, 0.25) is 5.91 Å². The van der Waals surface area contributed by atoms with Gasteiger partial charge in [0.15, 0.2) is 15.0 Å². The molecule has 0 radical (unpaired) electrons. The summed E-state index contributed by atoms with van der Waals surface area (Å²) >= 11 is 1.29. The van der Waals surface area contributed by atoms with E-state index in [2.05, 4.69) is 10.2 Å². The van der Waals surface area contributed by atoms with Gasteiger partial charge in [-0.15, -0.1) is 10.2 Å². The highest BCUT2D eigenvalue weighted by molar-refractivity contribution is 7.99. The van der Waals surface area contributed by atoms with E-state index in [1.54, 1.807) is 41.9 Å². The number of rotatable bonds is 6. The summed E-state index contributed by atoms with van der Waals surface area (Å²) in [5.41, 5.74) is 0. The first-order valence-corrected chi connectivity index (χ1v) is 11.2. The van der Waals surface area contributed by atoms with Gasteiger partial charge in [-0.1, -0.05) is 30.0 Å². The Balaban J connectivity index is 1.63. The van der Waals surface area contributed by atoms with Crippen molar-refractivity contribution in [1.29, 1.82) is 0 Å². The van der Waals surface area contributed by atoms with Crippen LogP contribution < -0.4 is 0 Å². The molecular weight excluding hydrogens is 372 g/mol. The van der Waals surface area contributed by atoms with Crippen LogP contribution in [0.4, 0.5) is 0 Å². The van der Waals surface area contributed by atoms with Crippen LogP contribution in [0, 0.1) is 0 Å².